The van der Waals surface area contributed by atoms with Crippen molar-refractivity contribution >= 4 is 29.7 Å². The molecule has 1 saturated heterocycles. The van der Waals surface area contributed by atoms with Crippen LogP contribution in [-0.4, -0.2) is 36.2 Å². The van der Waals surface area contributed by atoms with E-state index in [0.29, 0.717) is 29.4 Å². The third-order valence-corrected chi connectivity index (χ3v) is 4.99. The van der Waals surface area contributed by atoms with Gasteiger partial charge in [0.25, 0.3) is 0 Å². The molecule has 5 nitrogen and oxygen atoms in total. The Bertz CT molecular complexity index is 768. The lowest BCUT2D eigenvalue weighted by Gasteiger charge is -2.29. The molecule has 1 amide bonds. The van der Waals surface area contributed by atoms with Gasteiger partial charge in [0.15, 0.2) is 0 Å². The zero-order valence-corrected chi connectivity index (χ0v) is 16.0. The highest BCUT2D eigenvalue weighted by molar-refractivity contribution is 7.13. The van der Waals surface area contributed by atoms with Gasteiger partial charge in [-0.15, -0.1) is 23.7 Å². The summed E-state index contributed by atoms with van der Waals surface area (Å²) in [4.78, 5) is 16.6. The number of aromatic nitrogens is 1. The van der Waals surface area contributed by atoms with Crippen LogP contribution in [-0.2, 0) is 22.3 Å². The predicted octanol–water partition coefficient (Wildman–Crippen LogP) is 3.24. The Morgan fingerprint density at radius 2 is 2.07 bits per heavy atom. The first-order valence-corrected chi connectivity index (χ1v) is 8.97. The lowest BCUT2D eigenvalue weighted by atomic mass is 10.1. The quantitative estimate of drug-likeness (QED) is 0.795. The largest absolute Gasteiger partial charge is 0.416 e. The number of nitrogens with zero attached hydrogens (tertiary/aromatic N) is 1. The van der Waals surface area contributed by atoms with E-state index in [1.807, 2.05) is 6.92 Å². The zero-order chi connectivity index (χ0) is 18.7. The van der Waals surface area contributed by atoms with Crippen molar-refractivity contribution < 1.29 is 22.7 Å². The summed E-state index contributed by atoms with van der Waals surface area (Å²) in [7, 11) is 0. The van der Waals surface area contributed by atoms with Gasteiger partial charge in [0, 0.05) is 17.5 Å². The maximum Gasteiger partial charge on any atom is 0.416 e. The molecule has 27 heavy (non-hydrogen) atoms. The van der Waals surface area contributed by atoms with Gasteiger partial charge in [-0.3, -0.25) is 4.79 Å². The summed E-state index contributed by atoms with van der Waals surface area (Å²) in [5.74, 6) is -0.165. The molecule has 0 bridgehead atoms. The van der Waals surface area contributed by atoms with Crippen LogP contribution >= 0.6 is 23.7 Å². The van der Waals surface area contributed by atoms with Crippen LogP contribution in [0.3, 0.4) is 0 Å². The van der Waals surface area contributed by atoms with E-state index in [9.17, 15) is 18.0 Å². The molecular weight excluding hydrogens is 403 g/mol. The molecule has 2 N–H and O–H groups in total. The average Bonchev–Trinajstić information content (AvgIpc) is 3.08. The topological polar surface area (TPSA) is 63.2 Å². The van der Waals surface area contributed by atoms with Gasteiger partial charge < -0.3 is 15.4 Å². The van der Waals surface area contributed by atoms with Crippen LogP contribution in [0.5, 0.6) is 0 Å². The Morgan fingerprint density at radius 3 is 2.70 bits per heavy atom. The van der Waals surface area contributed by atoms with Gasteiger partial charge in [-0.2, -0.15) is 13.2 Å². The lowest BCUT2D eigenvalue weighted by molar-refractivity contribution is -0.137. The SMILES string of the molecule is C[C@H]1OCCN[C@@H]1C(=O)NCc1csc(-c2ccc(C(F)(F)F)cc2)n1.Cl. The van der Waals surface area contributed by atoms with Crippen molar-refractivity contribution in [3.05, 3.63) is 40.9 Å². The molecule has 2 aromatic rings. The molecular formula is C17H19ClF3N3O2S. The van der Waals surface area contributed by atoms with E-state index in [2.05, 4.69) is 15.6 Å². The molecule has 0 aliphatic carbocycles. The number of halogens is 4. The Hall–Kier alpha value is -1.68. The van der Waals surface area contributed by atoms with Gasteiger partial charge in [0.05, 0.1) is 30.5 Å². The van der Waals surface area contributed by atoms with E-state index in [4.69, 9.17) is 4.74 Å². The second-order valence-electron chi connectivity index (χ2n) is 5.94. The molecule has 0 radical (unpaired) electrons. The molecule has 2 heterocycles. The Balaban J connectivity index is 0.00000261. The molecule has 1 aliphatic rings. The number of alkyl halides is 3. The maximum atomic E-state index is 12.6. The Labute approximate surface area is 164 Å². The van der Waals surface area contributed by atoms with Crippen LogP contribution in [0.1, 0.15) is 18.2 Å². The second-order valence-corrected chi connectivity index (χ2v) is 6.80. The van der Waals surface area contributed by atoms with E-state index in [0.717, 1.165) is 12.1 Å². The molecule has 148 valence electrons. The number of amides is 1. The predicted molar refractivity (Wildman–Crippen MR) is 98.9 cm³/mol. The van der Waals surface area contributed by atoms with E-state index < -0.39 is 17.8 Å². The Kier molecular flexibility index (Phi) is 7.21. The highest BCUT2D eigenvalue weighted by Crippen LogP contribution is 2.31. The molecule has 1 aromatic carbocycles. The normalized spacial score (nSPS) is 20.0. The van der Waals surface area contributed by atoms with Crippen molar-refractivity contribution in [3.8, 4) is 10.6 Å². The molecule has 0 unspecified atom stereocenters. The fraction of sp³-hybridized carbons (Fsp3) is 0.412. The van der Waals surface area contributed by atoms with Crippen LogP contribution in [0, 0.1) is 0 Å². The van der Waals surface area contributed by atoms with E-state index in [1.165, 1.54) is 23.5 Å². The second kappa shape index (κ2) is 9.01. The van der Waals surface area contributed by atoms with E-state index in [-0.39, 0.29) is 31.0 Å². The maximum absolute atomic E-state index is 12.6. The molecule has 2 atom stereocenters. The third-order valence-electron chi connectivity index (χ3n) is 4.05. The minimum Gasteiger partial charge on any atom is -0.375 e. The van der Waals surface area contributed by atoms with Gasteiger partial charge in [-0.1, -0.05) is 12.1 Å². The average molecular weight is 422 g/mol. The summed E-state index contributed by atoms with van der Waals surface area (Å²) in [6.45, 7) is 3.29. The van der Waals surface area contributed by atoms with Gasteiger partial charge in [-0.05, 0) is 19.1 Å². The third kappa shape index (κ3) is 5.41. The van der Waals surface area contributed by atoms with Crippen LogP contribution in [0.25, 0.3) is 10.6 Å². The zero-order valence-electron chi connectivity index (χ0n) is 14.4. The summed E-state index contributed by atoms with van der Waals surface area (Å²) in [6.07, 6.45) is -4.56. The molecule has 0 spiro atoms. The number of hydrogen-bond acceptors (Lipinski definition) is 5. The monoisotopic (exact) mass is 421 g/mol. The number of ether oxygens (including phenoxy) is 1. The van der Waals surface area contributed by atoms with Crippen LogP contribution in [0.4, 0.5) is 13.2 Å². The van der Waals surface area contributed by atoms with E-state index >= 15 is 0 Å². The molecule has 1 aromatic heterocycles. The summed E-state index contributed by atoms with van der Waals surface area (Å²) in [6, 6.07) is 4.46. The lowest BCUT2D eigenvalue weighted by Crippen LogP contribution is -2.55. The number of carbonyl (C=O) groups excluding carboxylic acids is 1. The van der Waals surface area contributed by atoms with Crippen LogP contribution in [0.15, 0.2) is 29.6 Å². The smallest absolute Gasteiger partial charge is 0.375 e. The minimum absolute atomic E-state index is 0. The van der Waals surface area contributed by atoms with Gasteiger partial charge in [-0.25, -0.2) is 4.98 Å². The number of carbonyl (C=O) groups is 1. The molecule has 1 aliphatic heterocycles. The number of hydrogen-bond donors (Lipinski definition) is 2. The number of benzene rings is 1. The van der Waals surface area contributed by atoms with Crippen molar-refractivity contribution in [3.63, 3.8) is 0 Å². The van der Waals surface area contributed by atoms with Crippen molar-refractivity contribution in [1.29, 1.82) is 0 Å². The van der Waals surface area contributed by atoms with Crippen LogP contribution < -0.4 is 10.6 Å². The number of nitrogens with one attached hydrogen (secondary N) is 2. The highest BCUT2D eigenvalue weighted by atomic mass is 35.5. The van der Waals surface area contributed by atoms with Gasteiger partial charge in [0.1, 0.15) is 11.0 Å². The van der Waals surface area contributed by atoms with Gasteiger partial charge in [0.2, 0.25) is 5.91 Å². The Morgan fingerprint density at radius 1 is 1.37 bits per heavy atom. The fourth-order valence-corrected chi connectivity index (χ4v) is 3.46. The summed E-state index contributed by atoms with van der Waals surface area (Å²) in [5.41, 5.74) is 0.570. The van der Waals surface area contributed by atoms with E-state index in [1.54, 1.807) is 5.38 Å². The summed E-state index contributed by atoms with van der Waals surface area (Å²) in [5, 5.41) is 8.30. The highest BCUT2D eigenvalue weighted by Gasteiger charge is 2.30. The van der Waals surface area contributed by atoms with Crippen molar-refractivity contribution in [1.82, 2.24) is 15.6 Å². The standard InChI is InChI=1S/C17H18F3N3O2S.ClH/c1-10-14(21-6-7-25-10)15(24)22-8-13-9-26-16(23-13)11-2-4-12(5-3-11)17(18,19)20;/h2-5,9-10,14,21H,6-8H2,1H3,(H,22,24);1H/t10-,14+;/m1./s1. The minimum atomic E-state index is -4.36. The number of thiazole rings is 1. The first-order chi connectivity index (χ1) is 12.3. The summed E-state index contributed by atoms with van der Waals surface area (Å²) >= 11 is 1.32. The van der Waals surface area contributed by atoms with Crippen molar-refractivity contribution in [2.75, 3.05) is 13.2 Å². The van der Waals surface area contributed by atoms with Gasteiger partial charge >= 0.3 is 6.18 Å². The molecule has 0 saturated carbocycles. The molecule has 3 rings (SSSR count). The number of morpholine rings is 1. The molecule has 1 fully saturated rings. The number of rotatable bonds is 4. The van der Waals surface area contributed by atoms with Crippen LogP contribution in [0.2, 0.25) is 0 Å². The molecule has 10 heteroatoms. The van der Waals surface area contributed by atoms with Crippen molar-refractivity contribution in [2.45, 2.75) is 31.8 Å². The fourth-order valence-electron chi connectivity index (χ4n) is 2.64. The first-order valence-electron chi connectivity index (χ1n) is 8.09. The van der Waals surface area contributed by atoms with Crippen molar-refractivity contribution in [2.24, 2.45) is 0 Å². The summed E-state index contributed by atoms with van der Waals surface area (Å²) < 4.78 is 43.3. The first kappa shape index (κ1) is 21.6.